The van der Waals surface area contributed by atoms with Crippen LogP contribution in [0.5, 0.6) is 11.5 Å². The van der Waals surface area contributed by atoms with E-state index in [2.05, 4.69) is 176 Å². The van der Waals surface area contributed by atoms with E-state index in [1.165, 1.54) is 11.1 Å². The van der Waals surface area contributed by atoms with Gasteiger partial charge < -0.3 is 4.74 Å². The van der Waals surface area contributed by atoms with Gasteiger partial charge in [0.1, 0.15) is 11.5 Å². The van der Waals surface area contributed by atoms with Gasteiger partial charge in [-0.3, -0.25) is 0 Å². The van der Waals surface area contributed by atoms with E-state index in [0.717, 1.165) is 78.1 Å². The monoisotopic (exact) mass is 664 g/mol. The molecule has 1 aliphatic heterocycles. The number of ether oxygens (including phenoxy) is 1. The van der Waals surface area contributed by atoms with Gasteiger partial charge in [-0.15, -0.1) is 0 Å². The van der Waals surface area contributed by atoms with Gasteiger partial charge in [0.05, 0.1) is 27.8 Å². The van der Waals surface area contributed by atoms with E-state index < -0.39 is 5.41 Å². The van der Waals surface area contributed by atoms with Gasteiger partial charge in [-0.1, -0.05) is 170 Å². The summed E-state index contributed by atoms with van der Waals surface area (Å²) in [6.45, 7) is 0. The summed E-state index contributed by atoms with van der Waals surface area (Å²) >= 11 is 0. The van der Waals surface area contributed by atoms with E-state index in [4.69, 9.17) is 14.7 Å². The van der Waals surface area contributed by atoms with Gasteiger partial charge >= 0.3 is 0 Å². The minimum absolute atomic E-state index is 0.603. The van der Waals surface area contributed by atoms with Crippen molar-refractivity contribution < 1.29 is 4.74 Å². The molecule has 2 aromatic heterocycles. The van der Waals surface area contributed by atoms with Crippen molar-refractivity contribution in [1.82, 2.24) is 9.97 Å². The number of pyridine rings is 2. The Hall–Kier alpha value is -6.84. The van der Waals surface area contributed by atoms with Crippen LogP contribution in [0.3, 0.4) is 0 Å². The molecule has 0 N–H and O–H groups in total. The Bertz CT molecular complexity index is 2700. The Labute approximate surface area is 302 Å². The van der Waals surface area contributed by atoms with Crippen molar-refractivity contribution >= 4 is 21.8 Å². The molecule has 0 spiro atoms. The quantitative estimate of drug-likeness (QED) is 0.172. The maximum atomic E-state index is 6.73. The molecule has 244 valence electrons. The largest absolute Gasteiger partial charge is 0.457 e. The Morgan fingerprint density at radius 1 is 0.365 bits per heavy atom. The summed E-state index contributed by atoms with van der Waals surface area (Å²) in [6.07, 6.45) is 0. The lowest BCUT2D eigenvalue weighted by Crippen LogP contribution is -2.34. The highest BCUT2D eigenvalue weighted by molar-refractivity contribution is 6.04. The minimum atomic E-state index is -0.603. The SMILES string of the molecule is c1ccc(-c2ccc3ccc4ccc(-c5ccc(-c6cccc7c6C(c6ccccc6)(c6ccccc6)c6ccccc6O7)cc5)nc4c3n2)cc1. The molecule has 7 aromatic carbocycles. The minimum Gasteiger partial charge on any atom is -0.457 e. The summed E-state index contributed by atoms with van der Waals surface area (Å²) in [5.74, 6) is 1.73. The number of benzene rings is 7. The number of hydrogen-bond donors (Lipinski definition) is 0. The fraction of sp³-hybridized carbons (Fsp3) is 0.0204. The highest BCUT2D eigenvalue weighted by atomic mass is 16.5. The molecule has 3 nitrogen and oxygen atoms in total. The van der Waals surface area contributed by atoms with Crippen molar-refractivity contribution in [3.05, 3.63) is 216 Å². The molecule has 3 heterocycles. The predicted octanol–water partition coefficient (Wildman–Crippen LogP) is 12.3. The molecule has 1 aliphatic rings. The average Bonchev–Trinajstić information content (AvgIpc) is 3.23. The second-order valence-corrected chi connectivity index (χ2v) is 13.3. The number of para-hydroxylation sites is 1. The molecule has 0 fully saturated rings. The molecular weight excluding hydrogens is 633 g/mol. The number of nitrogens with zero attached hydrogens (tertiary/aromatic N) is 2. The fourth-order valence-corrected chi connectivity index (χ4v) is 8.02. The summed E-state index contributed by atoms with van der Waals surface area (Å²) in [7, 11) is 0. The fourth-order valence-electron chi connectivity index (χ4n) is 8.02. The second kappa shape index (κ2) is 12.2. The van der Waals surface area contributed by atoms with Crippen LogP contribution in [-0.2, 0) is 5.41 Å². The normalized spacial score (nSPS) is 12.9. The summed E-state index contributed by atoms with van der Waals surface area (Å²) in [5, 5.41) is 2.14. The molecule has 3 heteroatoms. The lowest BCUT2D eigenvalue weighted by molar-refractivity contribution is 0.435. The van der Waals surface area contributed by atoms with E-state index in [9.17, 15) is 0 Å². The molecule has 0 saturated carbocycles. The van der Waals surface area contributed by atoms with E-state index in [1.54, 1.807) is 0 Å². The van der Waals surface area contributed by atoms with Crippen molar-refractivity contribution in [3.8, 4) is 45.1 Å². The summed E-state index contributed by atoms with van der Waals surface area (Å²) < 4.78 is 6.73. The molecule has 52 heavy (non-hydrogen) atoms. The van der Waals surface area contributed by atoms with Crippen LogP contribution < -0.4 is 4.74 Å². The van der Waals surface area contributed by atoms with E-state index in [-0.39, 0.29) is 0 Å². The van der Waals surface area contributed by atoms with Gasteiger partial charge in [-0.05, 0) is 46.5 Å². The van der Waals surface area contributed by atoms with Gasteiger partial charge in [0, 0.05) is 33.0 Å². The topological polar surface area (TPSA) is 35.0 Å². The molecular formula is C49H32N2O. The summed E-state index contributed by atoms with van der Waals surface area (Å²) in [6, 6.07) is 68.4. The molecule has 0 amide bonds. The number of aromatic nitrogens is 2. The van der Waals surface area contributed by atoms with Crippen LogP contribution in [0, 0.1) is 0 Å². The summed E-state index contributed by atoms with van der Waals surface area (Å²) in [5.41, 5.74) is 12.1. The van der Waals surface area contributed by atoms with Crippen LogP contribution >= 0.6 is 0 Å². The molecule has 10 rings (SSSR count). The second-order valence-electron chi connectivity index (χ2n) is 13.3. The first-order valence-corrected chi connectivity index (χ1v) is 17.7. The average molecular weight is 665 g/mol. The first-order chi connectivity index (χ1) is 25.8. The van der Waals surface area contributed by atoms with Crippen LogP contribution in [-0.4, -0.2) is 9.97 Å². The zero-order valence-electron chi connectivity index (χ0n) is 28.3. The van der Waals surface area contributed by atoms with Crippen LogP contribution in [0.2, 0.25) is 0 Å². The number of rotatable bonds is 5. The maximum absolute atomic E-state index is 6.73. The first-order valence-electron chi connectivity index (χ1n) is 17.7. The first kappa shape index (κ1) is 30.0. The smallest absolute Gasteiger partial charge is 0.132 e. The molecule has 0 atom stereocenters. The van der Waals surface area contributed by atoms with Gasteiger partial charge in [0.15, 0.2) is 0 Å². The maximum Gasteiger partial charge on any atom is 0.132 e. The highest BCUT2D eigenvalue weighted by Crippen LogP contribution is 2.57. The van der Waals surface area contributed by atoms with Gasteiger partial charge in [0.2, 0.25) is 0 Å². The Morgan fingerprint density at radius 2 is 0.846 bits per heavy atom. The molecule has 0 saturated heterocycles. The van der Waals surface area contributed by atoms with Crippen molar-refractivity contribution in [2.75, 3.05) is 0 Å². The van der Waals surface area contributed by atoms with Crippen molar-refractivity contribution in [2.45, 2.75) is 5.41 Å². The van der Waals surface area contributed by atoms with E-state index >= 15 is 0 Å². The lowest BCUT2D eigenvalue weighted by Gasteiger charge is -2.42. The van der Waals surface area contributed by atoms with Crippen molar-refractivity contribution in [2.24, 2.45) is 0 Å². The zero-order valence-corrected chi connectivity index (χ0v) is 28.3. The van der Waals surface area contributed by atoms with Gasteiger partial charge in [-0.25, -0.2) is 9.97 Å². The van der Waals surface area contributed by atoms with Crippen LogP contribution in [0.15, 0.2) is 194 Å². The third kappa shape index (κ3) is 4.74. The predicted molar refractivity (Wildman–Crippen MR) is 212 cm³/mol. The standard InChI is InChI=1S/C49H32N2O/c1-4-13-34(14-5-1)42-31-29-36-27-28-37-30-32-43(51-48(37)47(36)50-42)35-25-23-33(24-26-35)40-19-12-22-45-46(40)49(38-15-6-2-7-16-38,39-17-8-3-9-18-39)41-20-10-11-21-44(41)52-45/h1-32H. The van der Waals surface area contributed by atoms with Crippen LogP contribution in [0.25, 0.3) is 55.4 Å². The molecule has 0 unspecified atom stereocenters. The van der Waals surface area contributed by atoms with Crippen LogP contribution in [0.1, 0.15) is 22.3 Å². The van der Waals surface area contributed by atoms with Crippen molar-refractivity contribution in [1.29, 1.82) is 0 Å². The van der Waals surface area contributed by atoms with Crippen molar-refractivity contribution in [3.63, 3.8) is 0 Å². The van der Waals surface area contributed by atoms with Gasteiger partial charge in [-0.2, -0.15) is 0 Å². The van der Waals surface area contributed by atoms with Gasteiger partial charge in [0.25, 0.3) is 0 Å². The Morgan fingerprint density at radius 3 is 1.46 bits per heavy atom. The Kier molecular flexibility index (Phi) is 7.04. The zero-order chi connectivity index (χ0) is 34.5. The third-order valence-electron chi connectivity index (χ3n) is 10.4. The third-order valence-corrected chi connectivity index (χ3v) is 10.4. The number of hydrogen-bond acceptors (Lipinski definition) is 3. The molecule has 0 aliphatic carbocycles. The summed E-state index contributed by atoms with van der Waals surface area (Å²) in [4.78, 5) is 10.3. The number of fused-ring (bicyclic) bond motifs is 5. The highest BCUT2D eigenvalue weighted by Gasteiger charge is 2.46. The molecule has 0 bridgehead atoms. The van der Waals surface area contributed by atoms with Crippen LogP contribution in [0.4, 0.5) is 0 Å². The molecule has 0 radical (unpaired) electrons. The van der Waals surface area contributed by atoms with E-state index in [1.807, 2.05) is 18.2 Å². The van der Waals surface area contributed by atoms with E-state index in [0.29, 0.717) is 0 Å². The Balaban J connectivity index is 1.13. The molecule has 9 aromatic rings. The lowest BCUT2D eigenvalue weighted by atomic mass is 9.62.